The van der Waals surface area contributed by atoms with Gasteiger partial charge >= 0.3 is 0 Å². The van der Waals surface area contributed by atoms with E-state index in [9.17, 15) is 9.59 Å². The minimum atomic E-state index is -0.718. The Labute approximate surface area is 198 Å². The number of H-pyrrole nitrogens is 1. The maximum atomic E-state index is 12.9. The van der Waals surface area contributed by atoms with Crippen LogP contribution in [-0.2, 0) is 0 Å². The predicted molar refractivity (Wildman–Crippen MR) is 128 cm³/mol. The molecule has 0 spiro atoms. The summed E-state index contributed by atoms with van der Waals surface area (Å²) in [7, 11) is 0. The number of carbonyl (C=O) groups excluding carboxylic acids is 2. The maximum absolute atomic E-state index is 12.9. The van der Waals surface area contributed by atoms with Crippen molar-refractivity contribution in [1.29, 1.82) is 0 Å². The third kappa shape index (κ3) is 4.26. The van der Waals surface area contributed by atoms with Gasteiger partial charge in [0.05, 0.1) is 11.7 Å². The van der Waals surface area contributed by atoms with E-state index in [4.69, 9.17) is 26.8 Å². The van der Waals surface area contributed by atoms with Crippen molar-refractivity contribution < 1.29 is 19.1 Å². The van der Waals surface area contributed by atoms with Crippen LogP contribution >= 0.6 is 11.6 Å². The molecule has 9 heteroatoms. The van der Waals surface area contributed by atoms with Crippen LogP contribution in [0, 0.1) is 0 Å². The number of carbonyl (C=O) groups is 2. The Balaban J connectivity index is 1.37. The van der Waals surface area contributed by atoms with Crippen molar-refractivity contribution >= 4 is 45.1 Å². The number of nitrogens with zero attached hydrogens (tertiary/aromatic N) is 2. The second kappa shape index (κ2) is 8.84. The predicted octanol–water partition coefficient (Wildman–Crippen LogP) is 4.92. The molecule has 0 saturated heterocycles. The van der Waals surface area contributed by atoms with Gasteiger partial charge in [-0.1, -0.05) is 11.6 Å². The number of halogens is 1. The van der Waals surface area contributed by atoms with E-state index in [1.807, 2.05) is 0 Å². The van der Waals surface area contributed by atoms with Crippen LogP contribution in [0.5, 0.6) is 17.4 Å². The van der Waals surface area contributed by atoms with Crippen LogP contribution in [0.1, 0.15) is 20.7 Å². The summed E-state index contributed by atoms with van der Waals surface area (Å²) >= 11 is 6.01. The van der Waals surface area contributed by atoms with E-state index in [2.05, 4.69) is 15.0 Å². The lowest BCUT2D eigenvalue weighted by molar-refractivity contribution is 0.0910. The average molecular weight is 473 g/mol. The summed E-state index contributed by atoms with van der Waals surface area (Å²) in [6.45, 7) is -0.326. The summed E-state index contributed by atoms with van der Waals surface area (Å²) in [5.41, 5.74) is 7.29. The average Bonchev–Trinajstić information content (AvgIpc) is 3.26. The van der Waals surface area contributed by atoms with Gasteiger partial charge in [0, 0.05) is 45.3 Å². The standard InChI is InChI=1S/C25H17ClN4O4/c26-15-3-6-21-14(8-15)9-19(24(27)32)25(30-21)33-13-23(31)20-12-29-22-10-16(4-5-18(20)22)34-17-2-1-7-28-11-17/h1-12,29H,13H2,(H2,27,32). The Morgan fingerprint density at radius 3 is 2.71 bits per heavy atom. The largest absolute Gasteiger partial charge is 0.469 e. The maximum Gasteiger partial charge on any atom is 0.254 e. The summed E-state index contributed by atoms with van der Waals surface area (Å²) in [5.74, 6) is 0.186. The van der Waals surface area contributed by atoms with E-state index >= 15 is 0 Å². The molecule has 5 aromatic rings. The number of hydrogen-bond acceptors (Lipinski definition) is 6. The number of fused-ring (bicyclic) bond motifs is 2. The topological polar surface area (TPSA) is 120 Å². The number of aromatic amines is 1. The number of aromatic nitrogens is 3. The lowest BCUT2D eigenvalue weighted by Crippen LogP contribution is -2.17. The number of hydrogen-bond donors (Lipinski definition) is 2. The third-order valence-electron chi connectivity index (χ3n) is 5.17. The van der Waals surface area contributed by atoms with Crippen molar-refractivity contribution in [2.24, 2.45) is 5.73 Å². The molecule has 3 aromatic heterocycles. The molecule has 1 amide bonds. The first-order valence-corrected chi connectivity index (χ1v) is 10.6. The Morgan fingerprint density at radius 2 is 1.91 bits per heavy atom. The zero-order valence-corrected chi connectivity index (χ0v) is 18.4. The molecule has 0 atom stereocenters. The number of ether oxygens (including phenoxy) is 2. The third-order valence-corrected chi connectivity index (χ3v) is 5.41. The zero-order valence-electron chi connectivity index (χ0n) is 17.6. The molecule has 3 heterocycles. The molecular weight excluding hydrogens is 456 g/mol. The van der Waals surface area contributed by atoms with Gasteiger partial charge in [0.1, 0.15) is 17.1 Å². The highest BCUT2D eigenvalue weighted by molar-refractivity contribution is 6.31. The Bertz CT molecular complexity index is 1550. The van der Waals surface area contributed by atoms with Crippen molar-refractivity contribution in [3.8, 4) is 17.4 Å². The number of pyridine rings is 2. The number of nitrogens with one attached hydrogen (secondary N) is 1. The molecule has 2 aromatic carbocycles. The fraction of sp³-hybridized carbons (Fsp3) is 0.0400. The summed E-state index contributed by atoms with van der Waals surface area (Å²) in [5, 5.41) is 1.85. The quantitative estimate of drug-likeness (QED) is 0.324. The summed E-state index contributed by atoms with van der Waals surface area (Å²) in [6, 6.07) is 15.5. The normalized spacial score (nSPS) is 11.0. The van der Waals surface area contributed by atoms with E-state index in [0.717, 1.165) is 5.52 Å². The van der Waals surface area contributed by atoms with Gasteiger partial charge < -0.3 is 20.2 Å². The SMILES string of the molecule is NC(=O)c1cc2cc(Cl)ccc2nc1OCC(=O)c1c[nH]c2cc(Oc3cccnc3)ccc12. The summed E-state index contributed by atoms with van der Waals surface area (Å²) < 4.78 is 11.4. The monoisotopic (exact) mass is 472 g/mol. The molecule has 5 rings (SSSR count). The molecule has 34 heavy (non-hydrogen) atoms. The number of amides is 1. The minimum absolute atomic E-state index is 0.0114. The van der Waals surface area contributed by atoms with E-state index in [1.165, 1.54) is 0 Å². The lowest BCUT2D eigenvalue weighted by Gasteiger charge is -2.10. The van der Waals surface area contributed by atoms with Gasteiger partial charge in [0.2, 0.25) is 11.7 Å². The molecule has 168 valence electrons. The second-order valence-corrected chi connectivity index (χ2v) is 7.89. The van der Waals surface area contributed by atoms with E-state index in [-0.39, 0.29) is 23.8 Å². The first-order valence-electron chi connectivity index (χ1n) is 10.2. The number of rotatable bonds is 7. The number of primary amides is 1. The van der Waals surface area contributed by atoms with Crippen LogP contribution in [0.15, 0.2) is 73.2 Å². The number of benzene rings is 2. The Morgan fingerprint density at radius 1 is 1.03 bits per heavy atom. The molecule has 0 unspecified atom stereocenters. The fourth-order valence-corrected chi connectivity index (χ4v) is 3.75. The van der Waals surface area contributed by atoms with Crippen LogP contribution in [0.3, 0.4) is 0 Å². The smallest absolute Gasteiger partial charge is 0.254 e. The highest BCUT2D eigenvalue weighted by Crippen LogP contribution is 2.28. The molecule has 0 fully saturated rings. The molecule has 3 N–H and O–H groups in total. The molecule has 0 bridgehead atoms. The zero-order chi connectivity index (χ0) is 23.7. The molecule has 8 nitrogen and oxygen atoms in total. The van der Waals surface area contributed by atoms with Crippen molar-refractivity contribution in [3.63, 3.8) is 0 Å². The highest BCUT2D eigenvalue weighted by Gasteiger charge is 2.18. The Hall–Kier alpha value is -4.43. The fourth-order valence-electron chi connectivity index (χ4n) is 3.57. The van der Waals surface area contributed by atoms with Crippen molar-refractivity contribution in [2.75, 3.05) is 6.61 Å². The summed E-state index contributed by atoms with van der Waals surface area (Å²) in [6.07, 6.45) is 4.88. The van der Waals surface area contributed by atoms with Gasteiger partial charge in [-0.15, -0.1) is 0 Å². The van der Waals surface area contributed by atoms with Crippen LogP contribution < -0.4 is 15.2 Å². The van der Waals surface area contributed by atoms with Crippen molar-refractivity contribution in [3.05, 3.63) is 89.3 Å². The van der Waals surface area contributed by atoms with Crippen molar-refractivity contribution in [1.82, 2.24) is 15.0 Å². The number of nitrogens with two attached hydrogens (primary N) is 1. The first kappa shape index (κ1) is 21.4. The van der Waals surface area contributed by atoms with Crippen LogP contribution in [-0.4, -0.2) is 33.2 Å². The van der Waals surface area contributed by atoms with Gasteiger partial charge in [-0.2, -0.15) is 0 Å². The minimum Gasteiger partial charge on any atom is -0.469 e. The van der Waals surface area contributed by atoms with Crippen molar-refractivity contribution in [2.45, 2.75) is 0 Å². The molecule has 0 saturated carbocycles. The van der Waals surface area contributed by atoms with E-state index < -0.39 is 5.91 Å². The second-order valence-electron chi connectivity index (χ2n) is 7.45. The molecule has 0 aliphatic carbocycles. The van der Waals surface area contributed by atoms with Gasteiger partial charge in [-0.3, -0.25) is 14.6 Å². The van der Waals surface area contributed by atoms with Gasteiger partial charge in [-0.25, -0.2) is 4.98 Å². The summed E-state index contributed by atoms with van der Waals surface area (Å²) in [4.78, 5) is 36.3. The van der Waals surface area contributed by atoms with Crippen LogP contribution in [0.4, 0.5) is 0 Å². The first-order chi connectivity index (χ1) is 16.5. The van der Waals surface area contributed by atoms with Gasteiger partial charge in [0.15, 0.2) is 6.61 Å². The van der Waals surface area contributed by atoms with E-state index in [0.29, 0.717) is 38.4 Å². The molecule has 0 aliphatic rings. The van der Waals surface area contributed by atoms with Crippen LogP contribution in [0.2, 0.25) is 5.02 Å². The molecule has 0 radical (unpaired) electrons. The van der Waals surface area contributed by atoms with Gasteiger partial charge in [-0.05, 0) is 48.5 Å². The van der Waals surface area contributed by atoms with Gasteiger partial charge in [0.25, 0.3) is 5.91 Å². The lowest BCUT2D eigenvalue weighted by atomic mass is 10.1. The molecule has 0 aliphatic heterocycles. The number of Topliss-reactive ketones (excluding diaryl/α,β-unsaturated/α-hetero) is 1. The molecular formula is C25H17ClN4O4. The van der Waals surface area contributed by atoms with E-state index in [1.54, 1.807) is 73.2 Å². The highest BCUT2D eigenvalue weighted by atomic mass is 35.5. The number of ketones is 1. The Kier molecular flexibility index (Phi) is 5.57. The van der Waals surface area contributed by atoms with Crippen LogP contribution in [0.25, 0.3) is 21.8 Å².